The van der Waals surface area contributed by atoms with Crippen LogP contribution in [0.15, 0.2) is 33.6 Å². The summed E-state index contributed by atoms with van der Waals surface area (Å²) in [5, 5.41) is 2.76. The van der Waals surface area contributed by atoms with E-state index in [9.17, 15) is 9.18 Å². The van der Waals surface area contributed by atoms with Crippen LogP contribution < -0.4 is 5.56 Å². The van der Waals surface area contributed by atoms with Gasteiger partial charge in [0.1, 0.15) is 11.6 Å². The van der Waals surface area contributed by atoms with E-state index in [0.29, 0.717) is 10.8 Å². The van der Waals surface area contributed by atoms with Gasteiger partial charge in [0.25, 0.3) is 5.56 Å². The maximum atomic E-state index is 13.2. The molecule has 112 valence electrons. The van der Waals surface area contributed by atoms with Gasteiger partial charge < -0.3 is 4.52 Å². The molecular formula is C15H16ClFN2O2. The van der Waals surface area contributed by atoms with Crippen molar-refractivity contribution in [3.8, 4) is 0 Å². The van der Waals surface area contributed by atoms with Crippen LogP contribution >= 0.6 is 11.6 Å². The van der Waals surface area contributed by atoms with Crippen molar-refractivity contribution in [2.75, 3.05) is 13.6 Å². The van der Waals surface area contributed by atoms with E-state index < -0.39 is 0 Å². The number of rotatable bonds is 2. The molecule has 0 amide bonds. The van der Waals surface area contributed by atoms with Gasteiger partial charge in [-0.15, -0.1) is 0 Å². The number of nitrogens with one attached hydrogen (secondary N) is 1. The van der Waals surface area contributed by atoms with Gasteiger partial charge >= 0.3 is 0 Å². The fourth-order valence-electron chi connectivity index (χ4n) is 2.98. The van der Waals surface area contributed by atoms with Crippen molar-refractivity contribution in [1.29, 1.82) is 0 Å². The number of hydrogen-bond donors (Lipinski definition) is 1. The fourth-order valence-corrected chi connectivity index (χ4v) is 3.27. The molecular weight excluding hydrogens is 295 g/mol. The lowest BCUT2D eigenvalue weighted by molar-refractivity contribution is 0.157. The summed E-state index contributed by atoms with van der Waals surface area (Å²) in [6.45, 7) is 0.859. The molecule has 0 aliphatic carbocycles. The monoisotopic (exact) mass is 310 g/mol. The second-order valence-corrected chi connectivity index (χ2v) is 5.91. The number of piperidine rings is 1. The molecule has 4 nitrogen and oxygen atoms in total. The zero-order chi connectivity index (χ0) is 15.0. The summed E-state index contributed by atoms with van der Waals surface area (Å²) in [6.07, 6.45) is 1.69. The van der Waals surface area contributed by atoms with Crippen LogP contribution in [-0.2, 0) is 0 Å². The Labute approximate surface area is 126 Å². The van der Waals surface area contributed by atoms with Crippen LogP contribution in [0.25, 0.3) is 0 Å². The van der Waals surface area contributed by atoms with Gasteiger partial charge in [-0.3, -0.25) is 9.69 Å². The smallest absolute Gasteiger partial charge is 0.280 e. The quantitative estimate of drug-likeness (QED) is 0.926. The topological polar surface area (TPSA) is 49.2 Å². The van der Waals surface area contributed by atoms with Gasteiger partial charge in [0.05, 0.1) is 0 Å². The minimum absolute atomic E-state index is 0.0806. The van der Waals surface area contributed by atoms with Crippen molar-refractivity contribution < 1.29 is 8.91 Å². The molecule has 0 radical (unpaired) electrons. The second kappa shape index (κ2) is 5.66. The van der Waals surface area contributed by atoms with Gasteiger partial charge in [0.15, 0.2) is 0 Å². The molecule has 1 aliphatic rings. The summed E-state index contributed by atoms with van der Waals surface area (Å²) in [7, 11) is 2.02. The van der Waals surface area contributed by atoms with Gasteiger partial charge in [-0.25, -0.2) is 4.39 Å². The summed E-state index contributed by atoms with van der Waals surface area (Å²) in [4.78, 5) is 13.4. The number of H-pyrrole nitrogens is 1. The first-order valence-corrected chi connectivity index (χ1v) is 7.26. The van der Waals surface area contributed by atoms with Crippen molar-refractivity contribution in [3.05, 3.63) is 56.8 Å². The molecule has 0 spiro atoms. The van der Waals surface area contributed by atoms with Crippen LogP contribution in [0.4, 0.5) is 4.39 Å². The molecule has 1 aromatic carbocycles. The molecule has 1 aromatic heterocycles. The Morgan fingerprint density at radius 1 is 1.43 bits per heavy atom. The first-order valence-electron chi connectivity index (χ1n) is 6.88. The van der Waals surface area contributed by atoms with Crippen LogP contribution in [-0.4, -0.2) is 23.6 Å². The molecule has 2 heterocycles. The summed E-state index contributed by atoms with van der Waals surface area (Å²) in [6, 6.07) is 6.07. The molecule has 3 rings (SSSR count). The lowest BCUT2D eigenvalue weighted by Crippen LogP contribution is -2.33. The standard InChI is InChI=1S/C15H16ClFN2O2/c1-19-5-4-9(14-8-15(20)18-21-14)6-13(19)11-3-2-10(17)7-12(11)16/h2-3,7-9,13H,4-6H2,1H3,(H,18,20)/t9-,13-/m0/s1. The highest BCUT2D eigenvalue weighted by Crippen LogP contribution is 2.40. The molecule has 0 saturated carbocycles. The minimum atomic E-state index is -0.338. The number of halogens is 2. The maximum Gasteiger partial charge on any atom is 0.280 e. The van der Waals surface area contributed by atoms with Gasteiger partial charge in [-0.2, -0.15) is 5.16 Å². The van der Waals surface area contributed by atoms with Crippen molar-refractivity contribution in [2.45, 2.75) is 24.8 Å². The predicted molar refractivity (Wildman–Crippen MR) is 78.1 cm³/mol. The van der Waals surface area contributed by atoms with Crippen molar-refractivity contribution in [2.24, 2.45) is 0 Å². The fraction of sp³-hybridized carbons (Fsp3) is 0.400. The summed E-state index contributed by atoms with van der Waals surface area (Å²) >= 11 is 6.18. The molecule has 1 fully saturated rings. The molecule has 1 N–H and O–H groups in total. The lowest BCUT2D eigenvalue weighted by atomic mass is 9.86. The Kier molecular flexibility index (Phi) is 3.87. The van der Waals surface area contributed by atoms with Gasteiger partial charge in [-0.05, 0) is 44.1 Å². The largest absolute Gasteiger partial charge is 0.383 e. The van der Waals surface area contributed by atoms with E-state index in [4.69, 9.17) is 16.1 Å². The summed E-state index contributed by atoms with van der Waals surface area (Å²) in [5.74, 6) is 0.498. The number of aromatic amines is 1. The molecule has 0 bridgehead atoms. The number of aromatic nitrogens is 1. The highest BCUT2D eigenvalue weighted by atomic mass is 35.5. The summed E-state index contributed by atoms with van der Waals surface area (Å²) < 4.78 is 18.4. The van der Waals surface area contributed by atoms with Crippen LogP contribution in [0.3, 0.4) is 0 Å². The van der Waals surface area contributed by atoms with Crippen LogP contribution in [0.5, 0.6) is 0 Å². The van der Waals surface area contributed by atoms with E-state index in [0.717, 1.165) is 24.9 Å². The zero-order valence-corrected chi connectivity index (χ0v) is 12.4. The van der Waals surface area contributed by atoms with Crippen LogP contribution in [0, 0.1) is 5.82 Å². The number of likely N-dealkylation sites (tertiary alicyclic amines) is 1. The third-order valence-corrected chi connectivity index (χ3v) is 4.46. The first kappa shape index (κ1) is 14.4. The van der Waals surface area contributed by atoms with Crippen LogP contribution in [0.2, 0.25) is 5.02 Å². The highest BCUT2D eigenvalue weighted by molar-refractivity contribution is 6.31. The van der Waals surface area contributed by atoms with E-state index in [1.165, 1.54) is 18.2 Å². The normalized spacial score (nSPS) is 23.4. The molecule has 21 heavy (non-hydrogen) atoms. The van der Waals surface area contributed by atoms with Crippen molar-refractivity contribution in [3.63, 3.8) is 0 Å². The van der Waals surface area contributed by atoms with E-state index >= 15 is 0 Å². The molecule has 6 heteroatoms. The first-order chi connectivity index (χ1) is 10.0. The lowest BCUT2D eigenvalue weighted by Gasteiger charge is -2.36. The van der Waals surface area contributed by atoms with E-state index in [2.05, 4.69) is 10.1 Å². The van der Waals surface area contributed by atoms with Crippen molar-refractivity contribution in [1.82, 2.24) is 10.1 Å². The number of benzene rings is 1. The second-order valence-electron chi connectivity index (χ2n) is 5.50. The van der Waals surface area contributed by atoms with E-state index in [1.54, 1.807) is 6.07 Å². The SMILES string of the molecule is CN1CC[C@H](c2cc(=O)[nH]o2)C[C@H]1c1ccc(F)cc1Cl. The maximum absolute atomic E-state index is 13.2. The number of nitrogens with zero attached hydrogens (tertiary/aromatic N) is 1. The molecule has 2 aromatic rings. The van der Waals surface area contributed by atoms with Gasteiger partial charge in [0, 0.05) is 23.0 Å². The Morgan fingerprint density at radius 2 is 2.24 bits per heavy atom. The van der Waals surface area contributed by atoms with Gasteiger partial charge in [0.2, 0.25) is 0 Å². The zero-order valence-electron chi connectivity index (χ0n) is 11.6. The van der Waals surface area contributed by atoms with E-state index in [-0.39, 0.29) is 23.3 Å². The molecule has 2 atom stereocenters. The van der Waals surface area contributed by atoms with Crippen molar-refractivity contribution >= 4 is 11.6 Å². The number of hydrogen-bond acceptors (Lipinski definition) is 3. The predicted octanol–water partition coefficient (Wildman–Crippen LogP) is 3.31. The average molecular weight is 311 g/mol. The third kappa shape index (κ3) is 2.89. The Balaban J connectivity index is 1.88. The molecule has 1 aliphatic heterocycles. The molecule has 0 unspecified atom stereocenters. The Hall–Kier alpha value is -1.59. The average Bonchev–Trinajstić information content (AvgIpc) is 2.87. The Morgan fingerprint density at radius 3 is 2.90 bits per heavy atom. The minimum Gasteiger partial charge on any atom is -0.383 e. The van der Waals surface area contributed by atoms with Gasteiger partial charge in [-0.1, -0.05) is 17.7 Å². The molecule has 1 saturated heterocycles. The third-order valence-electron chi connectivity index (χ3n) is 4.14. The van der Waals surface area contributed by atoms with Crippen LogP contribution in [0.1, 0.15) is 36.1 Å². The summed E-state index contributed by atoms with van der Waals surface area (Å²) in [5.41, 5.74) is 0.684. The van der Waals surface area contributed by atoms with E-state index in [1.807, 2.05) is 7.05 Å². The highest BCUT2D eigenvalue weighted by Gasteiger charge is 2.31. The Bertz CT molecular complexity index is 697.